The van der Waals surface area contributed by atoms with Gasteiger partial charge in [-0.3, -0.25) is 4.79 Å². The third-order valence-corrected chi connectivity index (χ3v) is 6.22. The maximum Gasteiger partial charge on any atom is 0.255 e. The summed E-state index contributed by atoms with van der Waals surface area (Å²) in [6.45, 7) is 12.9. The lowest BCUT2D eigenvalue weighted by molar-refractivity contribution is 0.586. The molecule has 4 rings (SSSR count). The number of dihydropyridines is 1. The van der Waals surface area contributed by atoms with E-state index in [1.807, 2.05) is 36.4 Å². The van der Waals surface area contributed by atoms with Crippen LogP contribution in [0.4, 0.5) is 0 Å². The van der Waals surface area contributed by atoms with Crippen LogP contribution in [0.5, 0.6) is 0 Å². The highest BCUT2D eigenvalue weighted by Gasteiger charge is 2.05. The van der Waals surface area contributed by atoms with Gasteiger partial charge in [0.25, 0.3) is 5.56 Å². The summed E-state index contributed by atoms with van der Waals surface area (Å²) >= 11 is 0. The van der Waals surface area contributed by atoms with Gasteiger partial charge in [-0.05, 0) is 84.1 Å². The molecule has 0 radical (unpaired) electrons. The lowest BCUT2D eigenvalue weighted by Crippen LogP contribution is -2.11. The molecule has 1 aliphatic heterocycles. The summed E-state index contributed by atoms with van der Waals surface area (Å²) in [5.74, 6) is 1.49. The van der Waals surface area contributed by atoms with Crippen molar-refractivity contribution >= 4 is 5.70 Å². The fourth-order valence-corrected chi connectivity index (χ4v) is 3.95. The quantitative estimate of drug-likeness (QED) is 0.344. The highest BCUT2D eigenvalue weighted by molar-refractivity contribution is 5.69. The first kappa shape index (κ1) is 27.0. The van der Waals surface area contributed by atoms with Gasteiger partial charge in [0, 0.05) is 23.2 Å². The van der Waals surface area contributed by atoms with Crippen LogP contribution in [0.2, 0.25) is 0 Å². The lowest BCUT2D eigenvalue weighted by Gasteiger charge is -2.14. The molecule has 0 bridgehead atoms. The summed E-state index contributed by atoms with van der Waals surface area (Å²) in [5.41, 5.74) is 7.70. The predicted octanol–water partition coefficient (Wildman–Crippen LogP) is 7.92. The number of aromatic nitrogens is 1. The number of hydrogen-bond acceptors (Lipinski definition) is 2. The molecule has 0 fully saturated rings. The van der Waals surface area contributed by atoms with Crippen LogP contribution in [0.15, 0.2) is 102 Å². The molecular weight excluding hydrogens is 440 g/mol. The Morgan fingerprint density at radius 1 is 0.778 bits per heavy atom. The summed E-state index contributed by atoms with van der Waals surface area (Å²) in [6, 6.07) is 20.8. The normalized spacial score (nSPS) is 12.7. The molecule has 3 aromatic rings. The second-order valence-corrected chi connectivity index (χ2v) is 10.3. The fourth-order valence-electron chi connectivity index (χ4n) is 3.95. The van der Waals surface area contributed by atoms with Crippen LogP contribution in [0, 0.1) is 11.8 Å². The smallest absolute Gasteiger partial charge is 0.255 e. The summed E-state index contributed by atoms with van der Waals surface area (Å²) < 4.78 is 0. The first-order valence-corrected chi connectivity index (χ1v) is 13.0. The first-order chi connectivity index (χ1) is 17.3. The highest BCUT2D eigenvalue weighted by atomic mass is 16.1. The molecule has 0 atom stereocenters. The average molecular weight is 481 g/mol. The molecule has 0 unspecified atom stereocenters. The molecular formula is C33H40N2O. The van der Waals surface area contributed by atoms with Gasteiger partial charge in [-0.2, -0.15) is 0 Å². The summed E-state index contributed by atoms with van der Waals surface area (Å²) in [6.07, 6.45) is 12.5. The number of aromatic amines is 1. The Balaban J connectivity index is 0.000000201. The molecule has 0 aliphatic carbocycles. The molecule has 2 heterocycles. The maximum atomic E-state index is 11.7. The van der Waals surface area contributed by atoms with Gasteiger partial charge in [-0.25, -0.2) is 0 Å². The van der Waals surface area contributed by atoms with Crippen LogP contribution >= 0.6 is 0 Å². The van der Waals surface area contributed by atoms with Crippen LogP contribution in [-0.2, 0) is 12.8 Å². The summed E-state index contributed by atoms with van der Waals surface area (Å²) in [7, 11) is 0. The van der Waals surface area contributed by atoms with Gasteiger partial charge in [-0.1, -0.05) is 88.9 Å². The van der Waals surface area contributed by atoms with Crippen molar-refractivity contribution in [2.75, 3.05) is 0 Å². The van der Waals surface area contributed by atoms with Gasteiger partial charge in [0.05, 0.1) is 0 Å². The molecule has 2 N–H and O–H groups in total. The largest absolute Gasteiger partial charge is 0.356 e. The topological polar surface area (TPSA) is 44.9 Å². The molecule has 0 amide bonds. The monoisotopic (exact) mass is 480 g/mol. The average Bonchev–Trinajstić information content (AvgIpc) is 2.88. The molecule has 1 aliphatic rings. The van der Waals surface area contributed by atoms with Crippen LogP contribution in [0.25, 0.3) is 16.8 Å². The van der Waals surface area contributed by atoms with E-state index in [0.717, 1.165) is 47.2 Å². The van der Waals surface area contributed by atoms with E-state index in [-0.39, 0.29) is 5.56 Å². The molecule has 0 spiro atoms. The van der Waals surface area contributed by atoms with E-state index < -0.39 is 0 Å². The number of aryl methyl sites for hydroxylation is 2. The van der Waals surface area contributed by atoms with E-state index in [9.17, 15) is 4.79 Å². The number of benzene rings is 2. The van der Waals surface area contributed by atoms with Gasteiger partial charge < -0.3 is 10.3 Å². The minimum atomic E-state index is -0.0348. The molecule has 0 saturated carbocycles. The number of hydrogen-bond donors (Lipinski definition) is 2. The van der Waals surface area contributed by atoms with Gasteiger partial charge in [0.2, 0.25) is 0 Å². The molecule has 0 saturated heterocycles. The number of H-pyrrole nitrogens is 1. The lowest BCUT2D eigenvalue weighted by atomic mass is 10.00. The third kappa shape index (κ3) is 8.57. The van der Waals surface area contributed by atoms with E-state index >= 15 is 0 Å². The van der Waals surface area contributed by atoms with E-state index in [4.69, 9.17) is 0 Å². The van der Waals surface area contributed by atoms with E-state index in [0.29, 0.717) is 0 Å². The van der Waals surface area contributed by atoms with Crippen molar-refractivity contribution in [2.45, 2.75) is 53.4 Å². The van der Waals surface area contributed by atoms with Crippen molar-refractivity contribution in [3.8, 4) is 11.1 Å². The second kappa shape index (κ2) is 13.5. The SMILES string of the molecule is C=C1C=CC=C(c2ccc(CCC(C)C)cc2)N1.CC(C)CCc1ccc(-c2ccc[nH]c2=O)cc1. The minimum absolute atomic E-state index is 0.0348. The predicted molar refractivity (Wildman–Crippen MR) is 155 cm³/mol. The van der Waals surface area contributed by atoms with E-state index in [1.165, 1.54) is 29.5 Å². The van der Waals surface area contributed by atoms with Crippen LogP contribution in [0.1, 0.15) is 57.2 Å². The molecule has 3 heteroatoms. The van der Waals surface area contributed by atoms with Crippen molar-refractivity contribution in [2.24, 2.45) is 11.8 Å². The van der Waals surface area contributed by atoms with Gasteiger partial charge in [0.1, 0.15) is 0 Å². The Hall–Kier alpha value is -3.59. The molecule has 1 aromatic heterocycles. The second-order valence-electron chi connectivity index (χ2n) is 10.3. The first-order valence-electron chi connectivity index (χ1n) is 13.0. The van der Waals surface area contributed by atoms with Crippen molar-refractivity contribution in [1.82, 2.24) is 10.3 Å². The Morgan fingerprint density at radius 3 is 1.83 bits per heavy atom. The Morgan fingerprint density at radius 2 is 1.33 bits per heavy atom. The Kier molecular flexibility index (Phi) is 10.1. The summed E-state index contributed by atoms with van der Waals surface area (Å²) in [5, 5.41) is 3.28. The molecule has 36 heavy (non-hydrogen) atoms. The van der Waals surface area contributed by atoms with Crippen LogP contribution in [0.3, 0.4) is 0 Å². The minimum Gasteiger partial charge on any atom is -0.356 e. The third-order valence-electron chi connectivity index (χ3n) is 6.22. The Labute approximate surface area is 216 Å². The number of pyridine rings is 1. The zero-order valence-corrected chi connectivity index (χ0v) is 22.2. The van der Waals surface area contributed by atoms with Crippen LogP contribution < -0.4 is 10.9 Å². The van der Waals surface area contributed by atoms with Crippen molar-refractivity contribution in [1.29, 1.82) is 0 Å². The molecule has 188 valence electrons. The van der Waals surface area contributed by atoms with Gasteiger partial charge in [-0.15, -0.1) is 0 Å². The molecule has 3 nitrogen and oxygen atoms in total. The maximum absolute atomic E-state index is 11.7. The number of nitrogens with one attached hydrogen (secondary N) is 2. The van der Waals surface area contributed by atoms with Crippen molar-refractivity contribution in [3.05, 3.63) is 124 Å². The van der Waals surface area contributed by atoms with Gasteiger partial charge >= 0.3 is 0 Å². The van der Waals surface area contributed by atoms with E-state index in [2.05, 4.69) is 87.0 Å². The fraction of sp³-hybridized carbons (Fsp3) is 0.303. The molecule has 2 aromatic carbocycles. The zero-order valence-electron chi connectivity index (χ0n) is 22.2. The van der Waals surface area contributed by atoms with Crippen molar-refractivity contribution in [3.63, 3.8) is 0 Å². The summed E-state index contributed by atoms with van der Waals surface area (Å²) in [4.78, 5) is 14.4. The number of allylic oxidation sites excluding steroid dienone is 3. The zero-order chi connectivity index (χ0) is 25.9. The van der Waals surface area contributed by atoms with Crippen LogP contribution in [-0.4, -0.2) is 4.98 Å². The van der Waals surface area contributed by atoms with Crippen molar-refractivity contribution < 1.29 is 0 Å². The highest BCUT2D eigenvalue weighted by Crippen LogP contribution is 2.19. The van der Waals surface area contributed by atoms with Gasteiger partial charge in [0.15, 0.2) is 0 Å². The van der Waals surface area contributed by atoms with E-state index in [1.54, 1.807) is 6.20 Å². The Bertz CT molecular complexity index is 1230. The number of rotatable bonds is 8. The standard InChI is InChI=1S/C17H21N.C16H19NO/c1-13(2)7-8-15-9-11-16(12-10-15)17-6-4-5-14(3)18-17;1-12(2)5-6-13-7-9-14(10-8-13)15-4-3-11-17-16(15)18/h4-6,9-13,18H,3,7-8H2,1-2H3;3-4,7-12H,5-6H2,1-2H3,(H,17,18).